The predicted molar refractivity (Wildman–Crippen MR) is 130 cm³/mol. The number of fused-ring (bicyclic) bond motifs is 1. The Bertz CT molecular complexity index is 1090. The van der Waals surface area contributed by atoms with Crippen molar-refractivity contribution in [1.29, 1.82) is 0 Å². The van der Waals surface area contributed by atoms with Crippen LogP contribution in [0.15, 0.2) is 40.4 Å². The standard InChI is InChI=1S/C24H30ClN5OS/c1-3-24(2)11-13-29(14-12-24)19-16-26-21-22(27-19)30(20-10-6-7-15-31-20)28-23(21)32-18-9-5-4-8-17(18)25/h4-5,8-9,16,20H,3,6-7,10-15H2,1-2H3. The van der Waals surface area contributed by atoms with Crippen LogP contribution in [0.2, 0.25) is 5.02 Å². The molecule has 1 atom stereocenters. The summed E-state index contributed by atoms with van der Waals surface area (Å²) in [6.07, 6.45) is 8.56. The zero-order valence-corrected chi connectivity index (χ0v) is 20.3. The largest absolute Gasteiger partial charge is 0.356 e. The molecule has 32 heavy (non-hydrogen) atoms. The summed E-state index contributed by atoms with van der Waals surface area (Å²) in [5.74, 6) is 0.932. The van der Waals surface area contributed by atoms with Gasteiger partial charge in [0.25, 0.3) is 0 Å². The summed E-state index contributed by atoms with van der Waals surface area (Å²) in [6, 6.07) is 7.84. The minimum absolute atomic E-state index is 0.0962. The van der Waals surface area contributed by atoms with Crippen molar-refractivity contribution in [3.8, 4) is 0 Å². The van der Waals surface area contributed by atoms with Gasteiger partial charge in [0.15, 0.2) is 16.9 Å². The van der Waals surface area contributed by atoms with Gasteiger partial charge in [-0.25, -0.2) is 14.6 Å². The van der Waals surface area contributed by atoms with E-state index < -0.39 is 0 Å². The summed E-state index contributed by atoms with van der Waals surface area (Å²) in [4.78, 5) is 13.2. The predicted octanol–water partition coefficient (Wildman–Crippen LogP) is 6.35. The second-order valence-electron chi connectivity index (χ2n) is 9.16. The van der Waals surface area contributed by atoms with Gasteiger partial charge in [0.05, 0.1) is 11.2 Å². The van der Waals surface area contributed by atoms with E-state index >= 15 is 0 Å². The lowest BCUT2D eigenvalue weighted by Crippen LogP contribution is -2.38. The van der Waals surface area contributed by atoms with Crippen molar-refractivity contribution in [1.82, 2.24) is 19.7 Å². The van der Waals surface area contributed by atoms with E-state index in [0.29, 0.717) is 10.4 Å². The highest BCUT2D eigenvalue weighted by Gasteiger charge is 2.30. The first-order valence-electron chi connectivity index (χ1n) is 11.6. The summed E-state index contributed by atoms with van der Waals surface area (Å²) >= 11 is 7.96. The first kappa shape index (κ1) is 22.0. The number of rotatable bonds is 5. The van der Waals surface area contributed by atoms with Crippen molar-refractivity contribution < 1.29 is 4.74 Å². The summed E-state index contributed by atoms with van der Waals surface area (Å²) in [5, 5.41) is 6.46. The molecule has 5 rings (SSSR count). The van der Waals surface area contributed by atoms with Crippen LogP contribution in [-0.2, 0) is 4.74 Å². The second kappa shape index (κ2) is 9.20. The van der Waals surface area contributed by atoms with Crippen LogP contribution >= 0.6 is 23.4 Å². The highest BCUT2D eigenvalue weighted by Crippen LogP contribution is 2.39. The molecule has 2 aliphatic rings. The summed E-state index contributed by atoms with van der Waals surface area (Å²) in [5.41, 5.74) is 2.04. The minimum Gasteiger partial charge on any atom is -0.356 e. The van der Waals surface area contributed by atoms with Gasteiger partial charge in [-0.3, -0.25) is 0 Å². The Balaban J connectivity index is 1.51. The zero-order valence-electron chi connectivity index (χ0n) is 18.8. The van der Waals surface area contributed by atoms with E-state index in [1.807, 2.05) is 35.1 Å². The van der Waals surface area contributed by atoms with E-state index in [4.69, 9.17) is 31.4 Å². The molecule has 2 saturated heterocycles. The van der Waals surface area contributed by atoms with E-state index in [1.165, 1.54) is 31.0 Å². The third-order valence-electron chi connectivity index (χ3n) is 6.98. The van der Waals surface area contributed by atoms with E-state index in [0.717, 1.165) is 65.9 Å². The van der Waals surface area contributed by atoms with E-state index in [1.54, 1.807) is 0 Å². The fourth-order valence-electron chi connectivity index (χ4n) is 4.47. The number of aromatic nitrogens is 4. The molecule has 2 fully saturated rings. The Morgan fingerprint density at radius 3 is 2.75 bits per heavy atom. The molecule has 3 aromatic rings. The normalized spacial score (nSPS) is 21.2. The van der Waals surface area contributed by atoms with Crippen LogP contribution in [-0.4, -0.2) is 39.4 Å². The van der Waals surface area contributed by atoms with Crippen LogP contribution in [0.1, 0.15) is 58.6 Å². The highest BCUT2D eigenvalue weighted by molar-refractivity contribution is 7.99. The Morgan fingerprint density at radius 2 is 2.03 bits per heavy atom. The Morgan fingerprint density at radius 1 is 1.22 bits per heavy atom. The topological polar surface area (TPSA) is 56.1 Å². The molecule has 170 valence electrons. The number of halogens is 1. The Kier molecular flexibility index (Phi) is 6.32. The molecule has 8 heteroatoms. The number of ether oxygens (including phenoxy) is 1. The Labute approximate surface area is 198 Å². The third-order valence-corrected chi connectivity index (χ3v) is 8.47. The third kappa shape index (κ3) is 4.35. The van der Waals surface area contributed by atoms with E-state index in [2.05, 4.69) is 18.7 Å². The molecule has 4 heterocycles. The van der Waals surface area contributed by atoms with Gasteiger partial charge in [-0.05, 0) is 49.7 Å². The van der Waals surface area contributed by atoms with E-state index in [9.17, 15) is 0 Å². The molecule has 0 aliphatic carbocycles. The SMILES string of the molecule is CCC1(C)CCN(c2cnc3c(Sc4ccccc4Cl)nn(C4CCCCO4)c3n2)CC1. The average Bonchev–Trinajstić information content (AvgIpc) is 3.19. The van der Waals surface area contributed by atoms with Crippen LogP contribution < -0.4 is 4.90 Å². The molecule has 0 amide bonds. The summed E-state index contributed by atoms with van der Waals surface area (Å²) in [7, 11) is 0. The van der Waals surface area contributed by atoms with Gasteiger partial charge in [0.1, 0.15) is 11.3 Å². The fourth-order valence-corrected chi connectivity index (χ4v) is 5.61. The highest BCUT2D eigenvalue weighted by atomic mass is 35.5. The molecular formula is C24H30ClN5OS. The first-order chi connectivity index (χ1) is 15.6. The molecule has 0 N–H and O–H groups in total. The molecule has 0 saturated carbocycles. The van der Waals surface area contributed by atoms with Crippen LogP contribution in [0.5, 0.6) is 0 Å². The van der Waals surface area contributed by atoms with Gasteiger partial charge in [0, 0.05) is 24.6 Å². The molecule has 0 spiro atoms. The lowest BCUT2D eigenvalue weighted by Gasteiger charge is -2.39. The molecule has 2 aromatic heterocycles. The number of piperidine rings is 1. The molecule has 1 unspecified atom stereocenters. The number of anilines is 1. The van der Waals surface area contributed by atoms with Crippen LogP contribution in [0.25, 0.3) is 11.2 Å². The van der Waals surface area contributed by atoms with Crippen molar-refractivity contribution >= 4 is 40.3 Å². The maximum Gasteiger partial charge on any atom is 0.182 e. The average molecular weight is 472 g/mol. The van der Waals surface area contributed by atoms with Gasteiger partial charge >= 0.3 is 0 Å². The van der Waals surface area contributed by atoms with Gasteiger partial charge in [-0.15, -0.1) is 0 Å². The quantitative estimate of drug-likeness (QED) is 0.432. The van der Waals surface area contributed by atoms with Crippen molar-refractivity contribution in [3.05, 3.63) is 35.5 Å². The van der Waals surface area contributed by atoms with Gasteiger partial charge in [0.2, 0.25) is 0 Å². The molecule has 6 nitrogen and oxygen atoms in total. The molecule has 2 aliphatic heterocycles. The number of hydrogen-bond acceptors (Lipinski definition) is 6. The van der Waals surface area contributed by atoms with Gasteiger partial charge in [-0.1, -0.05) is 55.8 Å². The minimum atomic E-state index is -0.0962. The molecule has 0 bridgehead atoms. The number of benzene rings is 1. The second-order valence-corrected chi connectivity index (χ2v) is 10.6. The summed E-state index contributed by atoms with van der Waals surface area (Å²) < 4.78 is 8.02. The van der Waals surface area contributed by atoms with Crippen LogP contribution in [0.3, 0.4) is 0 Å². The van der Waals surface area contributed by atoms with Crippen LogP contribution in [0, 0.1) is 5.41 Å². The molecule has 0 radical (unpaired) electrons. The smallest absolute Gasteiger partial charge is 0.182 e. The maximum atomic E-state index is 6.42. The maximum absolute atomic E-state index is 6.42. The zero-order chi connectivity index (χ0) is 22.1. The van der Waals surface area contributed by atoms with Crippen molar-refractivity contribution in [3.63, 3.8) is 0 Å². The van der Waals surface area contributed by atoms with Crippen molar-refractivity contribution in [2.75, 3.05) is 24.6 Å². The summed E-state index contributed by atoms with van der Waals surface area (Å²) in [6.45, 7) is 7.48. The molecular weight excluding hydrogens is 442 g/mol. The number of hydrogen-bond donors (Lipinski definition) is 0. The lowest BCUT2D eigenvalue weighted by molar-refractivity contribution is -0.0376. The monoisotopic (exact) mass is 471 g/mol. The number of nitrogens with zero attached hydrogens (tertiary/aromatic N) is 5. The van der Waals surface area contributed by atoms with Gasteiger partial charge in [-0.2, -0.15) is 5.10 Å². The van der Waals surface area contributed by atoms with Crippen molar-refractivity contribution in [2.24, 2.45) is 5.41 Å². The lowest BCUT2D eigenvalue weighted by atomic mass is 9.78. The van der Waals surface area contributed by atoms with Crippen LogP contribution in [0.4, 0.5) is 5.82 Å². The fraction of sp³-hybridized carbons (Fsp3) is 0.542. The van der Waals surface area contributed by atoms with Gasteiger partial charge < -0.3 is 9.64 Å². The molecule has 1 aromatic carbocycles. The first-order valence-corrected chi connectivity index (χ1v) is 12.8. The Hall–Kier alpha value is -1.83. The van der Waals surface area contributed by atoms with Crippen molar-refractivity contribution in [2.45, 2.75) is 68.5 Å². The van der Waals surface area contributed by atoms with E-state index in [-0.39, 0.29) is 6.23 Å².